The topological polar surface area (TPSA) is 35.2 Å². The van der Waals surface area contributed by atoms with Gasteiger partial charge in [0.05, 0.1) is 11.6 Å². The fraction of sp³-hybridized carbons (Fsp3) is 0.600. The first kappa shape index (κ1) is 13.9. The smallest absolute Gasteiger partial charge is 0.138 e. The average molecular weight is 312 g/mol. The molecule has 0 bridgehead atoms. The van der Waals surface area contributed by atoms with E-state index in [-0.39, 0.29) is 11.0 Å². The number of ether oxygens (including phenoxy) is 1. The van der Waals surface area contributed by atoms with E-state index in [0.717, 1.165) is 28.6 Å². The van der Waals surface area contributed by atoms with Crippen LogP contribution in [0.1, 0.15) is 51.2 Å². The zero-order valence-electron chi connectivity index (χ0n) is 11.6. The molecule has 2 N–H and O–H groups in total. The van der Waals surface area contributed by atoms with Crippen molar-refractivity contribution < 1.29 is 4.74 Å². The molecule has 1 aliphatic rings. The van der Waals surface area contributed by atoms with Crippen molar-refractivity contribution in [3.63, 3.8) is 0 Å². The van der Waals surface area contributed by atoms with E-state index >= 15 is 0 Å². The molecule has 0 radical (unpaired) electrons. The lowest BCUT2D eigenvalue weighted by Gasteiger charge is -2.40. The van der Waals surface area contributed by atoms with E-state index in [1.54, 1.807) is 7.11 Å². The molecule has 0 unspecified atom stereocenters. The number of benzene rings is 1. The Balaban J connectivity index is 2.58. The van der Waals surface area contributed by atoms with Crippen LogP contribution in [0.3, 0.4) is 0 Å². The lowest BCUT2D eigenvalue weighted by Crippen LogP contribution is -2.43. The summed E-state index contributed by atoms with van der Waals surface area (Å²) in [5.41, 5.74) is 8.84. The van der Waals surface area contributed by atoms with Crippen molar-refractivity contribution in [2.75, 3.05) is 7.11 Å². The van der Waals surface area contributed by atoms with Gasteiger partial charge in [-0.15, -0.1) is 0 Å². The first-order valence-corrected chi connectivity index (χ1v) is 7.24. The highest BCUT2D eigenvalue weighted by Gasteiger charge is 2.38. The first-order chi connectivity index (χ1) is 8.28. The molecule has 1 saturated carbocycles. The Morgan fingerprint density at radius 1 is 1.28 bits per heavy atom. The molecular formula is C15H22BrNO. The third kappa shape index (κ3) is 2.30. The van der Waals surface area contributed by atoms with E-state index in [1.807, 2.05) is 0 Å². The Kier molecular flexibility index (Phi) is 3.50. The maximum atomic E-state index is 6.48. The minimum Gasteiger partial charge on any atom is -0.495 e. The van der Waals surface area contributed by atoms with Gasteiger partial charge in [-0.05, 0) is 58.3 Å². The van der Waals surface area contributed by atoms with Gasteiger partial charge in [-0.25, -0.2) is 0 Å². The summed E-state index contributed by atoms with van der Waals surface area (Å²) in [4.78, 5) is 0. The highest BCUT2D eigenvalue weighted by atomic mass is 79.9. The fourth-order valence-electron chi connectivity index (χ4n) is 2.43. The molecule has 1 aromatic rings. The maximum Gasteiger partial charge on any atom is 0.138 e. The van der Waals surface area contributed by atoms with Crippen molar-refractivity contribution in [1.29, 1.82) is 0 Å². The number of halogens is 1. The van der Waals surface area contributed by atoms with E-state index in [2.05, 4.69) is 48.8 Å². The molecule has 3 heteroatoms. The van der Waals surface area contributed by atoms with E-state index in [9.17, 15) is 0 Å². The minimum absolute atomic E-state index is 0.115. The second-order valence-electron chi connectivity index (χ2n) is 6.30. The van der Waals surface area contributed by atoms with Crippen molar-refractivity contribution in [2.45, 2.75) is 51.0 Å². The normalized spacial score (nSPS) is 18.3. The van der Waals surface area contributed by atoms with Gasteiger partial charge in [0.2, 0.25) is 0 Å². The van der Waals surface area contributed by atoms with E-state index in [4.69, 9.17) is 10.5 Å². The molecule has 1 aromatic carbocycles. The predicted molar refractivity (Wildman–Crippen MR) is 79.1 cm³/mol. The highest BCUT2D eigenvalue weighted by molar-refractivity contribution is 9.10. The van der Waals surface area contributed by atoms with E-state index in [0.29, 0.717) is 0 Å². The Labute approximate surface area is 118 Å². The zero-order chi connectivity index (χ0) is 13.6. The quantitative estimate of drug-likeness (QED) is 0.892. The summed E-state index contributed by atoms with van der Waals surface area (Å²) in [6.45, 7) is 6.65. The molecule has 2 nitrogen and oxygen atoms in total. The summed E-state index contributed by atoms with van der Waals surface area (Å²) in [5.74, 6) is 0.894. The standard InChI is InChI=1S/C15H22BrNO/c1-14(2,3)10-8-11(15(17)6-5-7-15)13(18-4)12(16)9-10/h8-9H,5-7,17H2,1-4H3. The summed E-state index contributed by atoms with van der Waals surface area (Å²) in [6.07, 6.45) is 3.30. The van der Waals surface area contributed by atoms with Gasteiger partial charge in [0.25, 0.3) is 0 Å². The molecule has 0 saturated heterocycles. The average Bonchev–Trinajstić information content (AvgIpc) is 2.23. The highest BCUT2D eigenvalue weighted by Crippen LogP contribution is 2.46. The summed E-state index contributed by atoms with van der Waals surface area (Å²) in [7, 11) is 1.71. The summed E-state index contributed by atoms with van der Waals surface area (Å²) < 4.78 is 6.54. The van der Waals surface area contributed by atoms with Gasteiger partial charge in [0.15, 0.2) is 0 Å². The summed E-state index contributed by atoms with van der Waals surface area (Å²) >= 11 is 3.62. The van der Waals surface area contributed by atoms with Crippen LogP contribution in [-0.4, -0.2) is 7.11 Å². The second kappa shape index (κ2) is 4.53. The number of rotatable bonds is 2. The zero-order valence-corrected chi connectivity index (χ0v) is 13.2. The fourth-order valence-corrected chi connectivity index (χ4v) is 3.05. The van der Waals surface area contributed by atoms with Crippen LogP contribution in [0.2, 0.25) is 0 Å². The molecule has 1 aliphatic carbocycles. The third-order valence-electron chi connectivity index (χ3n) is 3.90. The molecular weight excluding hydrogens is 290 g/mol. The second-order valence-corrected chi connectivity index (χ2v) is 7.15. The van der Waals surface area contributed by atoms with Crippen LogP contribution in [0.4, 0.5) is 0 Å². The van der Waals surface area contributed by atoms with Crippen LogP contribution in [0.5, 0.6) is 5.75 Å². The molecule has 0 atom stereocenters. The molecule has 0 aliphatic heterocycles. The van der Waals surface area contributed by atoms with Gasteiger partial charge in [0, 0.05) is 11.1 Å². The van der Waals surface area contributed by atoms with E-state index in [1.165, 1.54) is 12.0 Å². The minimum atomic E-state index is -0.199. The van der Waals surface area contributed by atoms with Crippen molar-refractivity contribution in [3.8, 4) is 5.75 Å². The number of hydrogen-bond donors (Lipinski definition) is 1. The van der Waals surface area contributed by atoms with Gasteiger partial charge in [-0.3, -0.25) is 0 Å². The molecule has 0 amide bonds. The lowest BCUT2D eigenvalue weighted by molar-refractivity contribution is 0.243. The third-order valence-corrected chi connectivity index (χ3v) is 4.48. The molecule has 0 aromatic heterocycles. The van der Waals surface area contributed by atoms with Crippen LogP contribution in [0.25, 0.3) is 0 Å². The molecule has 0 spiro atoms. The van der Waals surface area contributed by atoms with Gasteiger partial charge in [-0.2, -0.15) is 0 Å². The number of nitrogens with two attached hydrogens (primary N) is 1. The van der Waals surface area contributed by atoms with Crippen molar-refractivity contribution in [2.24, 2.45) is 5.73 Å². The van der Waals surface area contributed by atoms with Crippen LogP contribution in [0.15, 0.2) is 16.6 Å². The summed E-state index contributed by atoms with van der Waals surface area (Å²) in [5, 5.41) is 0. The Morgan fingerprint density at radius 2 is 1.89 bits per heavy atom. The Morgan fingerprint density at radius 3 is 2.28 bits per heavy atom. The van der Waals surface area contributed by atoms with Crippen molar-refractivity contribution in [3.05, 3.63) is 27.7 Å². The molecule has 1 fully saturated rings. The van der Waals surface area contributed by atoms with Crippen LogP contribution in [-0.2, 0) is 11.0 Å². The molecule has 18 heavy (non-hydrogen) atoms. The van der Waals surface area contributed by atoms with Crippen molar-refractivity contribution in [1.82, 2.24) is 0 Å². The van der Waals surface area contributed by atoms with Gasteiger partial charge in [0.1, 0.15) is 5.75 Å². The van der Waals surface area contributed by atoms with Crippen LogP contribution in [0, 0.1) is 0 Å². The number of hydrogen-bond acceptors (Lipinski definition) is 2. The van der Waals surface area contributed by atoms with Crippen LogP contribution >= 0.6 is 15.9 Å². The predicted octanol–water partition coefficient (Wildman–Crippen LogP) is 4.09. The molecule has 100 valence electrons. The van der Waals surface area contributed by atoms with Crippen molar-refractivity contribution >= 4 is 15.9 Å². The number of methoxy groups -OCH3 is 1. The SMILES string of the molecule is COc1c(Br)cc(C(C)(C)C)cc1C1(N)CCC1. The summed E-state index contributed by atoms with van der Waals surface area (Å²) in [6, 6.07) is 4.37. The van der Waals surface area contributed by atoms with Gasteiger partial charge in [-0.1, -0.05) is 20.8 Å². The Hall–Kier alpha value is -0.540. The van der Waals surface area contributed by atoms with E-state index < -0.39 is 0 Å². The maximum absolute atomic E-state index is 6.48. The monoisotopic (exact) mass is 311 g/mol. The molecule has 2 rings (SSSR count). The largest absolute Gasteiger partial charge is 0.495 e. The van der Waals surface area contributed by atoms with Crippen LogP contribution < -0.4 is 10.5 Å². The first-order valence-electron chi connectivity index (χ1n) is 6.45. The van der Waals surface area contributed by atoms with Gasteiger partial charge >= 0.3 is 0 Å². The molecule has 0 heterocycles. The Bertz CT molecular complexity index is 458. The van der Waals surface area contributed by atoms with Gasteiger partial charge < -0.3 is 10.5 Å². The lowest BCUT2D eigenvalue weighted by atomic mass is 9.71.